The van der Waals surface area contributed by atoms with Crippen LogP contribution < -0.4 is 0 Å². The molecule has 6 heteroatoms. The average molecular weight is 184 g/mol. The molecule has 3 N–H and O–H groups in total. The molecule has 0 spiro atoms. The van der Waals surface area contributed by atoms with Crippen molar-refractivity contribution >= 4 is 10.1 Å². The molecule has 0 amide bonds. The molecule has 0 aliphatic heterocycles. The highest BCUT2D eigenvalue weighted by Gasteiger charge is 2.04. The van der Waals surface area contributed by atoms with Crippen LogP contribution in [0.2, 0.25) is 0 Å². The SMILES string of the molecule is O=S(=O)(O)CCCCC(O)O. The zero-order valence-corrected chi connectivity index (χ0v) is 6.79. The Labute approximate surface area is 65.4 Å². The summed E-state index contributed by atoms with van der Waals surface area (Å²) in [4.78, 5) is 0. The van der Waals surface area contributed by atoms with E-state index in [4.69, 9.17) is 14.8 Å². The number of hydrogen-bond acceptors (Lipinski definition) is 4. The second kappa shape index (κ2) is 4.66. The van der Waals surface area contributed by atoms with Gasteiger partial charge in [0.15, 0.2) is 6.29 Å². The zero-order chi connectivity index (χ0) is 8.91. The van der Waals surface area contributed by atoms with E-state index in [-0.39, 0.29) is 18.6 Å². The van der Waals surface area contributed by atoms with Gasteiger partial charge in [-0.3, -0.25) is 4.55 Å². The summed E-state index contributed by atoms with van der Waals surface area (Å²) in [6.45, 7) is 0. The molecular formula is C5H12O5S. The molecule has 0 aromatic carbocycles. The second-order valence-corrected chi connectivity index (χ2v) is 3.83. The van der Waals surface area contributed by atoms with Crippen molar-refractivity contribution in [3.05, 3.63) is 0 Å². The molecule has 0 aliphatic rings. The molecule has 11 heavy (non-hydrogen) atoms. The maximum atomic E-state index is 10.1. The molecule has 0 unspecified atom stereocenters. The lowest BCUT2D eigenvalue weighted by molar-refractivity contribution is -0.0463. The molecule has 0 heterocycles. The molecule has 0 bridgehead atoms. The van der Waals surface area contributed by atoms with Crippen molar-refractivity contribution in [3.63, 3.8) is 0 Å². The average Bonchev–Trinajstić information content (AvgIpc) is 1.78. The Bertz CT molecular complexity index is 183. The largest absolute Gasteiger partial charge is 0.368 e. The summed E-state index contributed by atoms with van der Waals surface area (Å²) in [5.41, 5.74) is 0. The van der Waals surface area contributed by atoms with Gasteiger partial charge in [0.25, 0.3) is 10.1 Å². The Morgan fingerprint density at radius 3 is 2.09 bits per heavy atom. The monoisotopic (exact) mass is 184 g/mol. The van der Waals surface area contributed by atoms with E-state index in [1.165, 1.54) is 0 Å². The minimum atomic E-state index is -3.89. The zero-order valence-electron chi connectivity index (χ0n) is 5.97. The Morgan fingerprint density at radius 1 is 1.18 bits per heavy atom. The third kappa shape index (κ3) is 9.83. The summed E-state index contributed by atoms with van der Waals surface area (Å²) in [7, 11) is -3.89. The molecule has 0 saturated heterocycles. The van der Waals surface area contributed by atoms with Crippen LogP contribution in [0.15, 0.2) is 0 Å². The van der Waals surface area contributed by atoms with Gasteiger partial charge in [-0.1, -0.05) is 0 Å². The molecule has 0 atom stereocenters. The Balaban J connectivity index is 3.30. The lowest BCUT2D eigenvalue weighted by atomic mass is 10.2. The number of aliphatic hydroxyl groups excluding tert-OH is 1. The van der Waals surface area contributed by atoms with Gasteiger partial charge in [0.2, 0.25) is 0 Å². The topological polar surface area (TPSA) is 94.8 Å². The third-order valence-electron chi connectivity index (χ3n) is 1.11. The predicted octanol–water partition coefficient (Wildman–Crippen LogP) is -0.645. The first kappa shape index (κ1) is 10.8. The lowest BCUT2D eigenvalue weighted by Gasteiger charge is -2.00. The first-order chi connectivity index (χ1) is 4.92. The van der Waals surface area contributed by atoms with Gasteiger partial charge in [-0.2, -0.15) is 8.42 Å². The van der Waals surface area contributed by atoms with Crippen molar-refractivity contribution in [2.45, 2.75) is 25.6 Å². The normalized spacial score (nSPS) is 12.4. The van der Waals surface area contributed by atoms with Crippen LogP contribution >= 0.6 is 0 Å². The van der Waals surface area contributed by atoms with Crippen molar-refractivity contribution in [1.29, 1.82) is 0 Å². The Kier molecular flexibility index (Phi) is 4.58. The van der Waals surface area contributed by atoms with Crippen LogP contribution in [0.5, 0.6) is 0 Å². The highest BCUT2D eigenvalue weighted by atomic mass is 32.2. The van der Waals surface area contributed by atoms with Crippen LogP contribution in [-0.2, 0) is 10.1 Å². The van der Waals surface area contributed by atoms with Crippen LogP contribution in [0.1, 0.15) is 19.3 Å². The molecule has 0 fully saturated rings. The van der Waals surface area contributed by atoms with Gasteiger partial charge in [0.1, 0.15) is 0 Å². The third-order valence-corrected chi connectivity index (χ3v) is 1.92. The van der Waals surface area contributed by atoms with Crippen molar-refractivity contribution < 1.29 is 23.2 Å². The maximum absolute atomic E-state index is 10.1. The van der Waals surface area contributed by atoms with E-state index in [1.54, 1.807) is 0 Å². The van der Waals surface area contributed by atoms with E-state index < -0.39 is 16.4 Å². The summed E-state index contributed by atoms with van der Waals surface area (Å²) in [6, 6.07) is 0. The highest BCUT2D eigenvalue weighted by molar-refractivity contribution is 7.85. The molecular weight excluding hydrogens is 172 g/mol. The van der Waals surface area contributed by atoms with Gasteiger partial charge in [0, 0.05) is 0 Å². The summed E-state index contributed by atoms with van der Waals surface area (Å²) >= 11 is 0. The molecule has 68 valence electrons. The number of rotatable bonds is 5. The van der Waals surface area contributed by atoms with Crippen molar-refractivity contribution in [2.24, 2.45) is 0 Å². The van der Waals surface area contributed by atoms with E-state index in [0.29, 0.717) is 6.42 Å². The smallest absolute Gasteiger partial charge is 0.264 e. The van der Waals surface area contributed by atoms with Gasteiger partial charge in [0.05, 0.1) is 5.75 Å². The standard InChI is InChI=1S/C5H12O5S/c6-5(7)3-1-2-4-11(8,9)10/h5-7H,1-4H2,(H,8,9,10). The first-order valence-corrected chi connectivity index (χ1v) is 4.84. The van der Waals surface area contributed by atoms with Crippen LogP contribution in [-0.4, -0.2) is 35.2 Å². The molecule has 5 nitrogen and oxygen atoms in total. The minimum Gasteiger partial charge on any atom is -0.368 e. The van der Waals surface area contributed by atoms with Gasteiger partial charge in [-0.25, -0.2) is 0 Å². The van der Waals surface area contributed by atoms with Crippen LogP contribution in [0.25, 0.3) is 0 Å². The van der Waals surface area contributed by atoms with E-state index in [2.05, 4.69) is 0 Å². The van der Waals surface area contributed by atoms with Crippen LogP contribution in [0, 0.1) is 0 Å². The Hall–Kier alpha value is -0.170. The van der Waals surface area contributed by atoms with Gasteiger partial charge < -0.3 is 10.2 Å². The van der Waals surface area contributed by atoms with Gasteiger partial charge in [-0.15, -0.1) is 0 Å². The van der Waals surface area contributed by atoms with Gasteiger partial charge in [-0.05, 0) is 19.3 Å². The summed E-state index contributed by atoms with van der Waals surface area (Å²) in [6.07, 6.45) is -0.639. The van der Waals surface area contributed by atoms with E-state index in [9.17, 15) is 8.42 Å². The van der Waals surface area contributed by atoms with E-state index >= 15 is 0 Å². The molecule has 0 saturated carbocycles. The fraction of sp³-hybridized carbons (Fsp3) is 1.00. The number of unbranched alkanes of at least 4 members (excludes halogenated alkanes) is 1. The fourth-order valence-corrected chi connectivity index (χ4v) is 1.18. The van der Waals surface area contributed by atoms with Crippen molar-refractivity contribution in [2.75, 3.05) is 5.75 Å². The van der Waals surface area contributed by atoms with Crippen LogP contribution in [0.3, 0.4) is 0 Å². The molecule has 0 aromatic heterocycles. The minimum absolute atomic E-state index is 0.134. The first-order valence-electron chi connectivity index (χ1n) is 3.23. The summed E-state index contributed by atoms with van der Waals surface area (Å²) in [5, 5.41) is 16.7. The summed E-state index contributed by atoms with van der Waals surface area (Å²) in [5.74, 6) is -0.320. The number of aliphatic hydroxyl groups is 2. The van der Waals surface area contributed by atoms with Crippen LogP contribution in [0.4, 0.5) is 0 Å². The molecule has 0 aliphatic carbocycles. The second-order valence-electron chi connectivity index (χ2n) is 2.26. The molecule has 0 aromatic rings. The van der Waals surface area contributed by atoms with E-state index in [1.807, 2.05) is 0 Å². The quantitative estimate of drug-likeness (QED) is 0.300. The highest BCUT2D eigenvalue weighted by Crippen LogP contribution is 2.00. The lowest BCUT2D eigenvalue weighted by Crippen LogP contribution is -2.07. The number of hydrogen-bond donors (Lipinski definition) is 3. The fourth-order valence-electron chi connectivity index (χ4n) is 0.611. The van der Waals surface area contributed by atoms with E-state index in [0.717, 1.165) is 0 Å². The molecule has 0 rings (SSSR count). The summed E-state index contributed by atoms with van der Waals surface area (Å²) < 4.78 is 28.4. The van der Waals surface area contributed by atoms with Gasteiger partial charge >= 0.3 is 0 Å². The molecule has 0 radical (unpaired) electrons. The Morgan fingerprint density at radius 2 is 1.73 bits per heavy atom. The van der Waals surface area contributed by atoms with Crippen molar-refractivity contribution in [1.82, 2.24) is 0 Å². The predicted molar refractivity (Wildman–Crippen MR) is 38.5 cm³/mol. The maximum Gasteiger partial charge on any atom is 0.264 e. The van der Waals surface area contributed by atoms with Crippen molar-refractivity contribution in [3.8, 4) is 0 Å².